The second-order valence-electron chi connectivity index (χ2n) is 3.40. The number of phenolic OH excluding ortho intramolecular Hbond substituents is 1. The number of hydrogen-bond acceptors (Lipinski definition) is 3. The minimum absolute atomic E-state index is 0.00346. The molecule has 6 heteroatoms. The van der Waals surface area contributed by atoms with E-state index in [0.717, 1.165) is 0 Å². The molecule has 0 aliphatic rings. The summed E-state index contributed by atoms with van der Waals surface area (Å²) >= 11 is 11.7. The van der Waals surface area contributed by atoms with Crippen molar-refractivity contribution in [2.75, 3.05) is 0 Å². The van der Waals surface area contributed by atoms with Gasteiger partial charge in [-0.3, -0.25) is 0 Å². The zero-order chi connectivity index (χ0) is 13.3. The molecule has 3 nitrogen and oxygen atoms in total. The first-order chi connectivity index (χ1) is 8.54. The van der Waals surface area contributed by atoms with Crippen LogP contribution < -0.4 is 0 Å². The minimum atomic E-state index is -0.676. The third-order valence-corrected chi connectivity index (χ3v) is 2.85. The van der Waals surface area contributed by atoms with Crippen LogP contribution in [-0.4, -0.2) is 10.1 Å². The molecule has 0 aliphatic carbocycles. The summed E-state index contributed by atoms with van der Waals surface area (Å²) < 4.78 is 13.7. The van der Waals surface area contributed by atoms with E-state index >= 15 is 0 Å². The lowest BCUT2D eigenvalue weighted by Gasteiger charge is -2.08. The van der Waals surface area contributed by atoms with E-state index in [1.807, 2.05) is 6.07 Å². The lowest BCUT2D eigenvalue weighted by atomic mass is 10.1. The molecule has 90 valence electrons. The van der Waals surface area contributed by atoms with Gasteiger partial charge in [-0.1, -0.05) is 29.3 Å². The summed E-state index contributed by atoms with van der Waals surface area (Å²) in [6.45, 7) is 0. The molecule has 1 aromatic carbocycles. The van der Waals surface area contributed by atoms with E-state index in [2.05, 4.69) is 4.98 Å². The largest absolute Gasteiger partial charge is 0.507 e. The van der Waals surface area contributed by atoms with Gasteiger partial charge in [0.15, 0.2) is 0 Å². The first-order valence-corrected chi connectivity index (χ1v) is 5.54. The van der Waals surface area contributed by atoms with E-state index in [4.69, 9.17) is 28.5 Å². The fraction of sp³-hybridized carbons (Fsp3) is 0. The van der Waals surface area contributed by atoms with Gasteiger partial charge in [-0.15, -0.1) is 0 Å². The van der Waals surface area contributed by atoms with E-state index < -0.39 is 5.82 Å². The van der Waals surface area contributed by atoms with Gasteiger partial charge >= 0.3 is 0 Å². The summed E-state index contributed by atoms with van der Waals surface area (Å²) in [6.07, 6.45) is 0. The minimum Gasteiger partial charge on any atom is -0.507 e. The van der Waals surface area contributed by atoms with Crippen LogP contribution in [0, 0.1) is 17.1 Å². The number of phenols is 1. The molecular weight excluding hydrogens is 278 g/mol. The van der Waals surface area contributed by atoms with Crippen LogP contribution >= 0.6 is 23.2 Å². The summed E-state index contributed by atoms with van der Waals surface area (Å²) in [6, 6.07) is 6.91. The number of nitrogens with zero attached hydrogens (tertiary/aromatic N) is 2. The first-order valence-electron chi connectivity index (χ1n) is 4.78. The van der Waals surface area contributed by atoms with Crippen molar-refractivity contribution in [1.82, 2.24) is 4.98 Å². The van der Waals surface area contributed by atoms with Crippen molar-refractivity contribution in [2.45, 2.75) is 0 Å². The summed E-state index contributed by atoms with van der Waals surface area (Å²) in [5, 5.41) is 18.3. The molecular formula is C12H5Cl2FN2O. The van der Waals surface area contributed by atoms with Crippen LogP contribution in [0.25, 0.3) is 11.3 Å². The second-order valence-corrected chi connectivity index (χ2v) is 4.17. The Labute approximate surface area is 112 Å². The first kappa shape index (κ1) is 12.6. The van der Waals surface area contributed by atoms with E-state index in [9.17, 15) is 9.50 Å². The number of aromatic nitrogens is 1. The molecule has 0 radical (unpaired) electrons. The van der Waals surface area contributed by atoms with Crippen molar-refractivity contribution in [2.24, 2.45) is 0 Å². The molecule has 1 aromatic heterocycles. The highest BCUT2D eigenvalue weighted by Gasteiger charge is 2.17. The fourth-order valence-corrected chi connectivity index (χ4v) is 1.89. The van der Waals surface area contributed by atoms with E-state index in [1.165, 1.54) is 24.3 Å². The van der Waals surface area contributed by atoms with E-state index in [1.54, 1.807) is 0 Å². The Bertz CT molecular complexity index is 648. The van der Waals surface area contributed by atoms with Gasteiger partial charge in [-0.05, 0) is 18.2 Å². The highest BCUT2D eigenvalue weighted by Crippen LogP contribution is 2.36. The van der Waals surface area contributed by atoms with Gasteiger partial charge in [0.1, 0.15) is 22.8 Å². The highest BCUT2D eigenvalue weighted by molar-refractivity contribution is 6.35. The number of rotatable bonds is 1. The van der Waals surface area contributed by atoms with Gasteiger partial charge in [0.05, 0.1) is 21.8 Å². The maximum Gasteiger partial charge on any atom is 0.147 e. The number of nitriles is 1. The maximum atomic E-state index is 13.7. The highest BCUT2D eigenvalue weighted by atomic mass is 35.5. The summed E-state index contributed by atoms with van der Waals surface area (Å²) in [4.78, 5) is 3.85. The summed E-state index contributed by atoms with van der Waals surface area (Å²) in [7, 11) is 0. The molecule has 0 amide bonds. The van der Waals surface area contributed by atoms with Gasteiger partial charge < -0.3 is 5.11 Å². The molecule has 0 bridgehead atoms. The Hall–Kier alpha value is -1.83. The summed E-state index contributed by atoms with van der Waals surface area (Å²) in [5.41, 5.74) is -0.0635. The standard InChI is InChI=1S/C12H5Cl2FN2O/c13-7-4-6(5-16)12(14)17-11(7)10-8(15)2-1-3-9(10)18/h1-4,18H. The van der Waals surface area contributed by atoms with Gasteiger partial charge in [0, 0.05) is 0 Å². The molecule has 0 spiro atoms. The predicted molar refractivity (Wildman–Crippen MR) is 66.0 cm³/mol. The van der Waals surface area contributed by atoms with Crippen molar-refractivity contribution in [3.63, 3.8) is 0 Å². The fourth-order valence-electron chi connectivity index (χ4n) is 1.47. The third kappa shape index (κ3) is 2.10. The monoisotopic (exact) mass is 282 g/mol. The van der Waals surface area contributed by atoms with Crippen LogP contribution in [0.2, 0.25) is 10.2 Å². The number of benzene rings is 1. The summed E-state index contributed by atoms with van der Waals surface area (Å²) in [5.74, 6) is -0.977. The normalized spacial score (nSPS) is 10.1. The molecule has 0 aliphatic heterocycles. The van der Waals surface area contributed by atoms with Gasteiger partial charge in [0.2, 0.25) is 0 Å². The van der Waals surface area contributed by atoms with E-state index in [0.29, 0.717) is 0 Å². The molecule has 0 fully saturated rings. The van der Waals surface area contributed by atoms with Crippen LogP contribution in [0.15, 0.2) is 24.3 Å². The molecule has 0 unspecified atom stereocenters. The molecule has 18 heavy (non-hydrogen) atoms. The smallest absolute Gasteiger partial charge is 0.147 e. The van der Waals surface area contributed by atoms with Crippen molar-refractivity contribution in [3.05, 3.63) is 45.8 Å². The average molecular weight is 283 g/mol. The Kier molecular flexibility index (Phi) is 3.37. The number of halogens is 3. The zero-order valence-corrected chi connectivity index (χ0v) is 10.3. The van der Waals surface area contributed by atoms with Crippen molar-refractivity contribution < 1.29 is 9.50 Å². The SMILES string of the molecule is N#Cc1cc(Cl)c(-c2c(O)cccc2F)nc1Cl. The lowest BCUT2D eigenvalue weighted by molar-refractivity contribution is 0.471. The van der Waals surface area contributed by atoms with Crippen LogP contribution in [-0.2, 0) is 0 Å². The van der Waals surface area contributed by atoms with Crippen molar-refractivity contribution in [1.29, 1.82) is 5.26 Å². The Morgan fingerprint density at radius 2 is 2.06 bits per heavy atom. The number of pyridine rings is 1. The van der Waals surface area contributed by atoms with Crippen LogP contribution in [0.3, 0.4) is 0 Å². The number of aromatic hydroxyl groups is 1. The Balaban J connectivity index is 2.73. The predicted octanol–water partition coefficient (Wildman–Crippen LogP) is 3.77. The van der Waals surface area contributed by atoms with Crippen molar-refractivity contribution in [3.8, 4) is 23.1 Å². The van der Waals surface area contributed by atoms with E-state index in [-0.39, 0.29) is 32.7 Å². The average Bonchev–Trinajstić information content (AvgIpc) is 2.32. The molecule has 0 saturated heterocycles. The van der Waals surface area contributed by atoms with Crippen molar-refractivity contribution >= 4 is 23.2 Å². The molecule has 1 heterocycles. The number of hydrogen-bond donors (Lipinski definition) is 1. The van der Waals surface area contributed by atoms with Crippen LogP contribution in [0.4, 0.5) is 4.39 Å². The quantitative estimate of drug-likeness (QED) is 0.810. The lowest BCUT2D eigenvalue weighted by Crippen LogP contribution is -1.93. The third-order valence-electron chi connectivity index (χ3n) is 2.28. The van der Waals surface area contributed by atoms with Gasteiger partial charge in [0.25, 0.3) is 0 Å². The van der Waals surface area contributed by atoms with Crippen LogP contribution in [0.1, 0.15) is 5.56 Å². The molecule has 2 rings (SSSR count). The Morgan fingerprint density at radius 3 is 2.67 bits per heavy atom. The molecule has 0 saturated carbocycles. The van der Waals surface area contributed by atoms with Gasteiger partial charge in [-0.2, -0.15) is 5.26 Å². The topological polar surface area (TPSA) is 56.9 Å². The van der Waals surface area contributed by atoms with Crippen LogP contribution in [0.5, 0.6) is 5.75 Å². The van der Waals surface area contributed by atoms with Gasteiger partial charge in [-0.25, -0.2) is 9.37 Å². The Morgan fingerprint density at radius 1 is 1.33 bits per heavy atom. The zero-order valence-electron chi connectivity index (χ0n) is 8.78. The molecule has 1 N–H and O–H groups in total. The maximum absolute atomic E-state index is 13.7. The molecule has 2 aromatic rings. The second kappa shape index (κ2) is 4.81. The molecule has 0 atom stereocenters.